The van der Waals surface area contributed by atoms with Crippen molar-refractivity contribution in [2.75, 3.05) is 6.54 Å². The van der Waals surface area contributed by atoms with Crippen LogP contribution in [-0.4, -0.2) is 29.1 Å². The number of aromatic nitrogens is 1. The predicted octanol–water partition coefficient (Wildman–Crippen LogP) is 3.91. The minimum absolute atomic E-state index is 0.122. The molecule has 1 N–H and O–H groups in total. The Labute approximate surface area is 148 Å². The minimum Gasteiger partial charge on any atom is -0.459 e. The highest BCUT2D eigenvalue weighted by atomic mass is 32.1. The molecular weight excluding hydrogens is 346 g/mol. The number of benzene rings is 1. The molecule has 0 saturated heterocycles. The first-order valence-electron chi connectivity index (χ1n) is 8.08. The van der Waals surface area contributed by atoms with Gasteiger partial charge in [-0.3, -0.25) is 4.79 Å². The Kier molecular flexibility index (Phi) is 4.64. The van der Waals surface area contributed by atoms with Crippen molar-refractivity contribution in [3.8, 4) is 0 Å². The maximum Gasteiger partial charge on any atom is 0.315 e. The summed E-state index contributed by atoms with van der Waals surface area (Å²) in [5, 5.41) is 3.74. The fourth-order valence-corrected chi connectivity index (χ4v) is 3.95. The van der Waals surface area contributed by atoms with Crippen LogP contribution in [0.15, 0.2) is 18.2 Å². The molecule has 134 valence electrons. The van der Waals surface area contributed by atoms with Crippen molar-refractivity contribution in [2.45, 2.75) is 39.3 Å². The summed E-state index contributed by atoms with van der Waals surface area (Å²) in [5.74, 6) is -2.25. The lowest BCUT2D eigenvalue weighted by molar-refractivity contribution is -0.158. The third-order valence-electron chi connectivity index (χ3n) is 3.92. The van der Waals surface area contributed by atoms with Crippen LogP contribution < -0.4 is 5.32 Å². The quantitative estimate of drug-likeness (QED) is 0.819. The van der Waals surface area contributed by atoms with Crippen molar-refractivity contribution in [3.63, 3.8) is 0 Å². The number of halogens is 2. The number of hydrogen-bond donors (Lipinski definition) is 1. The number of ether oxygens (including phenoxy) is 1. The molecule has 25 heavy (non-hydrogen) atoms. The van der Waals surface area contributed by atoms with Crippen LogP contribution in [-0.2, 0) is 9.53 Å². The van der Waals surface area contributed by atoms with E-state index in [9.17, 15) is 13.6 Å². The smallest absolute Gasteiger partial charge is 0.315 e. The summed E-state index contributed by atoms with van der Waals surface area (Å²) in [6, 6.07) is 1.92. The number of carbonyl (C=O) groups is 1. The van der Waals surface area contributed by atoms with Crippen molar-refractivity contribution in [1.82, 2.24) is 10.3 Å². The average molecular weight is 366 g/mol. The lowest BCUT2D eigenvalue weighted by atomic mass is 9.89. The summed E-state index contributed by atoms with van der Waals surface area (Å²) >= 11 is 1.18. The van der Waals surface area contributed by atoms with Gasteiger partial charge in [0.1, 0.15) is 21.9 Å². The zero-order valence-electron chi connectivity index (χ0n) is 14.5. The molecule has 2 aromatic rings. The molecule has 0 amide bonds. The van der Waals surface area contributed by atoms with Gasteiger partial charge in [-0.2, -0.15) is 0 Å². The number of nitrogens with one attached hydrogen (secondary N) is 1. The Morgan fingerprint density at radius 1 is 1.36 bits per heavy atom. The number of nitrogens with zero attached hydrogens (tertiary/aromatic N) is 1. The average Bonchev–Trinajstić information content (AvgIpc) is 2.89. The highest BCUT2D eigenvalue weighted by Gasteiger charge is 2.36. The number of thiazole rings is 1. The normalized spacial score (nSPS) is 21.3. The van der Waals surface area contributed by atoms with Crippen LogP contribution in [0.4, 0.5) is 8.78 Å². The third kappa shape index (κ3) is 3.72. The zero-order chi connectivity index (χ0) is 18.4. The number of fused-ring (bicyclic) bond motifs is 1. The first-order valence-corrected chi connectivity index (χ1v) is 8.89. The van der Waals surface area contributed by atoms with Gasteiger partial charge in [-0.25, -0.2) is 13.8 Å². The van der Waals surface area contributed by atoms with E-state index in [0.717, 1.165) is 6.07 Å². The molecule has 2 heterocycles. The van der Waals surface area contributed by atoms with Gasteiger partial charge in [0.05, 0.1) is 10.6 Å². The van der Waals surface area contributed by atoms with Gasteiger partial charge in [0.25, 0.3) is 0 Å². The van der Waals surface area contributed by atoms with Gasteiger partial charge in [-0.1, -0.05) is 6.08 Å². The van der Waals surface area contributed by atoms with Crippen LogP contribution in [0, 0.1) is 17.6 Å². The Balaban J connectivity index is 2.02. The van der Waals surface area contributed by atoms with Gasteiger partial charge < -0.3 is 10.1 Å². The van der Waals surface area contributed by atoms with Crippen LogP contribution in [0.2, 0.25) is 0 Å². The molecule has 4 nitrogen and oxygen atoms in total. The maximum atomic E-state index is 14.0. The van der Waals surface area contributed by atoms with E-state index < -0.39 is 23.2 Å². The molecule has 3 rings (SSSR count). The van der Waals surface area contributed by atoms with E-state index in [1.807, 2.05) is 33.8 Å². The topological polar surface area (TPSA) is 51.2 Å². The number of esters is 1. The molecule has 0 bridgehead atoms. The number of carbonyl (C=O) groups excluding carboxylic acids is 1. The van der Waals surface area contributed by atoms with E-state index >= 15 is 0 Å². The summed E-state index contributed by atoms with van der Waals surface area (Å²) in [6.45, 7) is 7.90. The summed E-state index contributed by atoms with van der Waals surface area (Å²) in [4.78, 5) is 17.0. The molecule has 0 aliphatic carbocycles. The van der Waals surface area contributed by atoms with Crippen LogP contribution in [0.1, 0.15) is 32.7 Å². The van der Waals surface area contributed by atoms with Crippen molar-refractivity contribution in [1.29, 1.82) is 0 Å². The molecule has 0 spiro atoms. The fourth-order valence-electron chi connectivity index (χ4n) is 2.87. The maximum absolute atomic E-state index is 14.0. The van der Waals surface area contributed by atoms with Gasteiger partial charge in [-0.15, -0.1) is 11.3 Å². The van der Waals surface area contributed by atoms with Crippen molar-refractivity contribution in [2.24, 2.45) is 5.92 Å². The monoisotopic (exact) mass is 366 g/mol. The Bertz CT molecular complexity index is 855. The lowest BCUT2D eigenvalue weighted by Gasteiger charge is -2.31. The molecular formula is C18H20F2N2O2S. The van der Waals surface area contributed by atoms with E-state index in [0.29, 0.717) is 21.8 Å². The van der Waals surface area contributed by atoms with Gasteiger partial charge in [0, 0.05) is 24.2 Å². The highest BCUT2D eigenvalue weighted by Crippen LogP contribution is 2.36. The minimum atomic E-state index is -0.700. The third-order valence-corrected chi connectivity index (χ3v) is 4.97. The van der Waals surface area contributed by atoms with Gasteiger partial charge in [0.15, 0.2) is 5.82 Å². The predicted molar refractivity (Wildman–Crippen MR) is 94.3 cm³/mol. The molecule has 1 aliphatic rings. The van der Waals surface area contributed by atoms with Gasteiger partial charge >= 0.3 is 5.97 Å². The first kappa shape index (κ1) is 17.9. The molecule has 1 aliphatic heterocycles. The second-order valence-electron chi connectivity index (χ2n) is 7.12. The summed E-state index contributed by atoms with van der Waals surface area (Å²) in [6.07, 6.45) is 1.86. The molecule has 0 radical (unpaired) electrons. The first-order chi connectivity index (χ1) is 11.7. The van der Waals surface area contributed by atoms with E-state index in [1.54, 1.807) is 0 Å². The van der Waals surface area contributed by atoms with Crippen LogP contribution in [0.25, 0.3) is 15.8 Å². The highest BCUT2D eigenvalue weighted by molar-refractivity contribution is 7.19. The van der Waals surface area contributed by atoms with E-state index in [2.05, 4.69) is 10.3 Å². The summed E-state index contributed by atoms with van der Waals surface area (Å²) < 4.78 is 33.4. The van der Waals surface area contributed by atoms with Crippen LogP contribution in [0.5, 0.6) is 0 Å². The SMILES string of the molecule is CC1NCC=C(c2nc3c(F)cc(F)cc3s2)C1C(=O)OC(C)(C)C. The zero-order valence-corrected chi connectivity index (χ0v) is 15.3. The Hall–Kier alpha value is -1.86. The lowest BCUT2D eigenvalue weighted by Crippen LogP contribution is -2.44. The van der Waals surface area contributed by atoms with Crippen molar-refractivity contribution < 1.29 is 18.3 Å². The second-order valence-corrected chi connectivity index (χ2v) is 8.15. The van der Waals surface area contributed by atoms with Crippen LogP contribution in [0.3, 0.4) is 0 Å². The van der Waals surface area contributed by atoms with E-state index in [-0.39, 0.29) is 17.5 Å². The summed E-state index contributed by atoms with van der Waals surface area (Å²) in [7, 11) is 0. The van der Waals surface area contributed by atoms with E-state index in [1.165, 1.54) is 17.4 Å². The molecule has 1 aromatic heterocycles. The largest absolute Gasteiger partial charge is 0.459 e. The van der Waals surface area contributed by atoms with Gasteiger partial charge in [0.2, 0.25) is 0 Å². The van der Waals surface area contributed by atoms with Gasteiger partial charge in [-0.05, 0) is 33.8 Å². The molecule has 7 heteroatoms. The fraction of sp³-hybridized carbons (Fsp3) is 0.444. The molecule has 0 saturated carbocycles. The number of hydrogen-bond acceptors (Lipinski definition) is 5. The second kappa shape index (κ2) is 6.46. The van der Waals surface area contributed by atoms with E-state index in [4.69, 9.17) is 4.74 Å². The van der Waals surface area contributed by atoms with Crippen LogP contribution >= 0.6 is 11.3 Å². The molecule has 0 fully saturated rings. The Morgan fingerprint density at radius 3 is 2.76 bits per heavy atom. The molecule has 2 atom stereocenters. The number of rotatable bonds is 2. The van der Waals surface area contributed by atoms with Crippen molar-refractivity contribution >= 4 is 33.1 Å². The standard InChI is InChI=1S/C18H20F2N2O2S/c1-9-14(17(23)24-18(2,3)4)11(5-6-21-9)16-22-15-12(20)7-10(19)8-13(15)25-16/h5,7-9,14,21H,6H2,1-4H3. The molecule has 1 aromatic carbocycles. The summed E-state index contributed by atoms with van der Waals surface area (Å²) in [5.41, 5.74) is 0.209. The molecule has 2 unspecified atom stereocenters. The van der Waals surface area contributed by atoms with Crippen molar-refractivity contribution in [3.05, 3.63) is 34.9 Å². The Morgan fingerprint density at radius 2 is 2.08 bits per heavy atom.